The Bertz CT molecular complexity index is 667. The number of rotatable bonds is 4. The molecule has 2 rings (SSSR count). The standard InChI is InChI=1S/C12H14F4N2O2S/c1-7-9(13)4-8(6-17)5-10(7)21(19,20)18-11(2-3-11)12(14,15)16/h4-5,18H,2-3,6,17H2,1H3. The molecule has 0 bridgehead atoms. The monoisotopic (exact) mass is 326 g/mol. The van der Waals surface area contributed by atoms with E-state index in [1.807, 2.05) is 0 Å². The van der Waals surface area contributed by atoms with Crippen LogP contribution in [-0.2, 0) is 16.6 Å². The van der Waals surface area contributed by atoms with Gasteiger partial charge in [-0.1, -0.05) is 0 Å². The van der Waals surface area contributed by atoms with Crippen molar-refractivity contribution in [1.82, 2.24) is 4.72 Å². The third kappa shape index (κ3) is 2.90. The van der Waals surface area contributed by atoms with Gasteiger partial charge in [-0.05, 0) is 37.5 Å². The van der Waals surface area contributed by atoms with Crippen LogP contribution >= 0.6 is 0 Å². The summed E-state index contributed by atoms with van der Waals surface area (Å²) in [6.45, 7) is 1.07. The van der Waals surface area contributed by atoms with Crippen LogP contribution in [0.25, 0.3) is 0 Å². The van der Waals surface area contributed by atoms with Crippen LogP contribution in [0, 0.1) is 12.7 Å². The normalized spacial score (nSPS) is 17.8. The van der Waals surface area contributed by atoms with Crippen molar-refractivity contribution < 1.29 is 26.0 Å². The Morgan fingerprint density at radius 1 is 1.33 bits per heavy atom. The number of halogens is 4. The van der Waals surface area contributed by atoms with Gasteiger partial charge in [0.1, 0.15) is 11.4 Å². The van der Waals surface area contributed by atoms with E-state index in [0.29, 0.717) is 0 Å². The first-order valence-corrected chi connectivity index (χ1v) is 7.60. The van der Waals surface area contributed by atoms with Gasteiger partial charge in [0.15, 0.2) is 0 Å². The molecule has 0 aliphatic heterocycles. The number of hydrogen-bond donors (Lipinski definition) is 2. The molecule has 0 heterocycles. The molecule has 0 atom stereocenters. The molecule has 0 amide bonds. The predicted octanol–water partition coefficient (Wildman–Crippen LogP) is 1.97. The summed E-state index contributed by atoms with van der Waals surface area (Å²) in [6, 6.07) is 2.15. The van der Waals surface area contributed by atoms with Gasteiger partial charge in [-0.25, -0.2) is 12.8 Å². The summed E-state index contributed by atoms with van der Waals surface area (Å²) in [7, 11) is -4.49. The molecule has 1 fully saturated rings. The lowest BCUT2D eigenvalue weighted by atomic mass is 10.1. The van der Waals surface area contributed by atoms with E-state index in [1.165, 1.54) is 6.92 Å². The average molecular weight is 326 g/mol. The van der Waals surface area contributed by atoms with E-state index in [-0.39, 0.29) is 30.5 Å². The molecule has 9 heteroatoms. The second kappa shape index (κ2) is 4.92. The zero-order chi connectivity index (χ0) is 16.1. The van der Waals surface area contributed by atoms with Crippen molar-refractivity contribution in [2.24, 2.45) is 5.73 Å². The smallest absolute Gasteiger partial charge is 0.326 e. The van der Waals surface area contributed by atoms with E-state index in [9.17, 15) is 26.0 Å². The molecule has 0 saturated heterocycles. The van der Waals surface area contributed by atoms with Gasteiger partial charge in [-0.3, -0.25) is 0 Å². The van der Waals surface area contributed by atoms with Crippen molar-refractivity contribution in [2.45, 2.75) is 42.9 Å². The van der Waals surface area contributed by atoms with Crippen molar-refractivity contribution in [3.8, 4) is 0 Å². The molecule has 1 aliphatic rings. The third-order valence-electron chi connectivity index (χ3n) is 3.50. The summed E-state index contributed by atoms with van der Waals surface area (Å²) in [6.07, 6.45) is -5.33. The quantitative estimate of drug-likeness (QED) is 0.831. The first-order valence-electron chi connectivity index (χ1n) is 6.12. The summed E-state index contributed by atoms with van der Waals surface area (Å²) in [5.41, 5.74) is 2.84. The highest BCUT2D eigenvalue weighted by Gasteiger charge is 2.65. The number of benzene rings is 1. The van der Waals surface area contributed by atoms with Crippen LogP contribution in [0.4, 0.5) is 17.6 Å². The maximum atomic E-state index is 13.7. The molecule has 0 aromatic heterocycles. The Kier molecular flexibility index (Phi) is 3.79. The van der Waals surface area contributed by atoms with Crippen molar-refractivity contribution in [3.63, 3.8) is 0 Å². The van der Waals surface area contributed by atoms with Crippen LogP contribution in [0.2, 0.25) is 0 Å². The second-order valence-electron chi connectivity index (χ2n) is 5.09. The summed E-state index contributed by atoms with van der Waals surface area (Å²) in [5, 5.41) is 0. The number of hydrogen-bond acceptors (Lipinski definition) is 3. The van der Waals surface area contributed by atoms with Gasteiger partial charge >= 0.3 is 6.18 Å². The number of sulfonamides is 1. The number of alkyl halides is 3. The van der Waals surface area contributed by atoms with Gasteiger partial charge in [0.05, 0.1) is 4.90 Å². The summed E-state index contributed by atoms with van der Waals surface area (Å²) in [4.78, 5) is -0.515. The lowest BCUT2D eigenvalue weighted by molar-refractivity contribution is -0.160. The Morgan fingerprint density at radius 2 is 1.90 bits per heavy atom. The fourth-order valence-electron chi connectivity index (χ4n) is 1.98. The Balaban J connectivity index is 2.44. The number of nitrogens with two attached hydrogens (primary N) is 1. The molecule has 4 nitrogen and oxygen atoms in total. The molecule has 1 aliphatic carbocycles. The predicted molar refractivity (Wildman–Crippen MR) is 67.4 cm³/mol. The third-order valence-corrected chi connectivity index (χ3v) is 5.17. The lowest BCUT2D eigenvalue weighted by Crippen LogP contribution is -2.47. The molecule has 118 valence electrons. The van der Waals surface area contributed by atoms with Gasteiger partial charge in [0, 0.05) is 12.1 Å². The molecule has 0 unspecified atom stereocenters. The highest BCUT2D eigenvalue weighted by Crippen LogP contribution is 2.49. The Hall–Kier alpha value is -1.19. The fraction of sp³-hybridized carbons (Fsp3) is 0.500. The fourth-order valence-corrected chi connectivity index (χ4v) is 3.74. The molecule has 0 spiro atoms. The van der Waals surface area contributed by atoms with E-state index in [1.54, 1.807) is 4.72 Å². The van der Waals surface area contributed by atoms with Crippen molar-refractivity contribution in [2.75, 3.05) is 0 Å². The van der Waals surface area contributed by atoms with Crippen LogP contribution in [0.1, 0.15) is 24.0 Å². The zero-order valence-corrected chi connectivity index (χ0v) is 11.9. The zero-order valence-electron chi connectivity index (χ0n) is 11.1. The van der Waals surface area contributed by atoms with Gasteiger partial charge in [-0.2, -0.15) is 17.9 Å². The molecule has 21 heavy (non-hydrogen) atoms. The highest BCUT2D eigenvalue weighted by atomic mass is 32.2. The average Bonchev–Trinajstić information content (AvgIpc) is 3.11. The Morgan fingerprint density at radius 3 is 2.33 bits per heavy atom. The van der Waals surface area contributed by atoms with E-state index in [4.69, 9.17) is 5.73 Å². The van der Waals surface area contributed by atoms with Gasteiger partial charge in [-0.15, -0.1) is 0 Å². The second-order valence-corrected chi connectivity index (χ2v) is 6.74. The largest absolute Gasteiger partial charge is 0.407 e. The first-order chi connectivity index (χ1) is 9.52. The van der Waals surface area contributed by atoms with Crippen LogP contribution < -0.4 is 10.5 Å². The van der Waals surface area contributed by atoms with E-state index in [2.05, 4.69) is 0 Å². The number of nitrogens with one attached hydrogen (secondary N) is 1. The van der Waals surface area contributed by atoms with Crippen LogP contribution in [-0.4, -0.2) is 20.1 Å². The lowest BCUT2D eigenvalue weighted by Gasteiger charge is -2.21. The van der Waals surface area contributed by atoms with E-state index in [0.717, 1.165) is 12.1 Å². The van der Waals surface area contributed by atoms with Gasteiger partial charge in [0.25, 0.3) is 0 Å². The summed E-state index contributed by atoms with van der Waals surface area (Å²) >= 11 is 0. The molecular weight excluding hydrogens is 312 g/mol. The van der Waals surface area contributed by atoms with E-state index >= 15 is 0 Å². The molecule has 1 aromatic rings. The molecule has 3 N–H and O–H groups in total. The SMILES string of the molecule is Cc1c(F)cc(CN)cc1S(=O)(=O)NC1(C(F)(F)F)CC1. The van der Waals surface area contributed by atoms with Crippen LogP contribution in [0.3, 0.4) is 0 Å². The van der Waals surface area contributed by atoms with Crippen LogP contribution in [0.5, 0.6) is 0 Å². The molecular formula is C12H14F4N2O2S. The first kappa shape index (κ1) is 16.2. The highest BCUT2D eigenvalue weighted by molar-refractivity contribution is 7.89. The van der Waals surface area contributed by atoms with Gasteiger partial charge < -0.3 is 5.73 Å². The molecule has 0 radical (unpaired) electrons. The molecule has 1 aromatic carbocycles. The van der Waals surface area contributed by atoms with Gasteiger partial charge in [0.2, 0.25) is 10.0 Å². The minimum atomic E-state index is -4.68. The molecule has 1 saturated carbocycles. The van der Waals surface area contributed by atoms with Crippen molar-refractivity contribution >= 4 is 10.0 Å². The summed E-state index contributed by atoms with van der Waals surface area (Å²) < 4.78 is 78.2. The van der Waals surface area contributed by atoms with Crippen molar-refractivity contribution in [3.05, 3.63) is 29.1 Å². The topological polar surface area (TPSA) is 72.2 Å². The minimum Gasteiger partial charge on any atom is -0.326 e. The minimum absolute atomic E-state index is 0.121. The summed E-state index contributed by atoms with van der Waals surface area (Å²) in [5.74, 6) is -0.824. The van der Waals surface area contributed by atoms with E-state index < -0.39 is 32.5 Å². The maximum absolute atomic E-state index is 13.7. The Labute approximate surface area is 119 Å². The maximum Gasteiger partial charge on any atom is 0.407 e. The van der Waals surface area contributed by atoms with Crippen LogP contribution in [0.15, 0.2) is 17.0 Å². The van der Waals surface area contributed by atoms with Crippen molar-refractivity contribution in [1.29, 1.82) is 0 Å².